The first-order valence-corrected chi connectivity index (χ1v) is 15.5. The Morgan fingerprint density at radius 3 is 2.10 bits per heavy atom. The molecule has 3 atom stereocenters. The molecule has 41 heavy (non-hydrogen) atoms. The van der Waals surface area contributed by atoms with Crippen molar-refractivity contribution in [1.82, 2.24) is 21.3 Å². The molecular weight excluding hydrogens is 564 g/mol. The number of carboxylic acids is 1. The van der Waals surface area contributed by atoms with Crippen LogP contribution in [0.25, 0.3) is 0 Å². The summed E-state index contributed by atoms with van der Waals surface area (Å²) < 4.78 is 26.2. The minimum atomic E-state index is -3.94. The number of amides is 3. The predicted molar refractivity (Wildman–Crippen MR) is 157 cm³/mol. The highest BCUT2D eigenvalue weighted by atomic mass is 32.3. The van der Waals surface area contributed by atoms with Gasteiger partial charge in [0.2, 0.25) is 15.7 Å². The quantitative estimate of drug-likeness (QED) is 0.214. The van der Waals surface area contributed by atoms with Crippen molar-refractivity contribution in [1.29, 1.82) is 0 Å². The number of benzene rings is 3. The van der Waals surface area contributed by atoms with Gasteiger partial charge in [0.15, 0.2) is 4.20 Å². The third-order valence-electron chi connectivity index (χ3n) is 6.64. The monoisotopic (exact) mass is 596 g/mol. The molecule has 0 saturated carbocycles. The molecule has 1 heterocycles. The van der Waals surface area contributed by atoms with Gasteiger partial charge in [-0.3, -0.25) is 10.1 Å². The number of aliphatic carboxylic acids is 1. The zero-order valence-electron chi connectivity index (χ0n) is 22.2. The van der Waals surface area contributed by atoms with E-state index in [1.165, 1.54) is 12.1 Å². The minimum absolute atomic E-state index is 0.115. The standard InChI is InChI=1S/C29H32N4O6S2/c34-26(32-24(27(35)36)19-31-28(37)30-18-22-12-6-2-7-13-22)25-20-40-29(33-25,17-16-21-10-4-1-5-11-21)41(38,39)23-14-8-3-9-15-23/h1-15,24-25,33H,16-20H2,(H,32,34)(H,35,36)(H2,30,31,37). The Morgan fingerprint density at radius 1 is 0.902 bits per heavy atom. The van der Waals surface area contributed by atoms with Crippen molar-refractivity contribution in [3.8, 4) is 0 Å². The maximum Gasteiger partial charge on any atom is 0.328 e. The number of sulfone groups is 1. The molecular formula is C29H32N4O6S2. The molecule has 0 aliphatic carbocycles. The summed E-state index contributed by atoms with van der Waals surface area (Å²) in [4.78, 5) is 37.4. The van der Waals surface area contributed by atoms with Gasteiger partial charge in [0.1, 0.15) is 6.04 Å². The van der Waals surface area contributed by atoms with E-state index in [0.717, 1.165) is 22.9 Å². The summed E-state index contributed by atoms with van der Waals surface area (Å²) in [7, 11) is -3.94. The molecule has 0 radical (unpaired) electrons. The first-order chi connectivity index (χ1) is 19.7. The van der Waals surface area contributed by atoms with E-state index in [4.69, 9.17) is 0 Å². The Kier molecular flexibility index (Phi) is 10.0. The van der Waals surface area contributed by atoms with Gasteiger partial charge in [-0.2, -0.15) is 0 Å². The number of carbonyl (C=O) groups is 3. The first kappa shape index (κ1) is 30.1. The number of urea groups is 1. The number of carbonyl (C=O) groups excluding carboxylic acids is 2. The lowest BCUT2D eigenvalue weighted by molar-refractivity contribution is -0.141. The van der Waals surface area contributed by atoms with Crippen LogP contribution in [0, 0.1) is 0 Å². The maximum atomic E-state index is 13.9. The van der Waals surface area contributed by atoms with Crippen molar-refractivity contribution in [2.24, 2.45) is 0 Å². The molecule has 3 aromatic carbocycles. The van der Waals surface area contributed by atoms with Crippen molar-refractivity contribution in [3.05, 3.63) is 102 Å². The first-order valence-electron chi connectivity index (χ1n) is 13.0. The fraction of sp³-hybridized carbons (Fsp3) is 0.276. The number of carboxylic acid groups (broad SMARTS) is 1. The summed E-state index contributed by atoms with van der Waals surface area (Å²) >= 11 is 1.12. The van der Waals surface area contributed by atoms with Crippen molar-refractivity contribution in [2.75, 3.05) is 12.3 Å². The fourth-order valence-corrected chi connectivity index (χ4v) is 8.21. The zero-order chi connectivity index (χ0) is 29.3. The molecule has 0 bridgehead atoms. The van der Waals surface area contributed by atoms with Crippen LogP contribution in [-0.4, -0.2) is 60.0 Å². The van der Waals surface area contributed by atoms with Crippen LogP contribution >= 0.6 is 11.8 Å². The normalized spacial score (nSPS) is 19.2. The van der Waals surface area contributed by atoms with Crippen LogP contribution in [0.15, 0.2) is 95.9 Å². The van der Waals surface area contributed by atoms with Gasteiger partial charge < -0.3 is 21.1 Å². The van der Waals surface area contributed by atoms with Crippen LogP contribution in [0.3, 0.4) is 0 Å². The second-order valence-electron chi connectivity index (χ2n) is 9.51. The van der Waals surface area contributed by atoms with Crippen molar-refractivity contribution in [2.45, 2.75) is 40.6 Å². The molecule has 10 nitrogen and oxygen atoms in total. The zero-order valence-corrected chi connectivity index (χ0v) is 23.8. The average molecular weight is 597 g/mol. The summed E-state index contributed by atoms with van der Waals surface area (Å²) in [6.07, 6.45) is 0.634. The second kappa shape index (κ2) is 13.7. The lowest BCUT2D eigenvalue weighted by Gasteiger charge is -2.29. The Morgan fingerprint density at radius 2 is 1.49 bits per heavy atom. The number of nitrogens with one attached hydrogen (secondary N) is 4. The summed E-state index contributed by atoms with van der Waals surface area (Å²) in [5.74, 6) is -1.88. The molecule has 12 heteroatoms. The van der Waals surface area contributed by atoms with Crippen molar-refractivity contribution < 1.29 is 27.9 Å². The van der Waals surface area contributed by atoms with Crippen LogP contribution in [0.2, 0.25) is 0 Å². The highest BCUT2D eigenvalue weighted by molar-refractivity contribution is 8.14. The molecule has 1 aliphatic rings. The molecule has 4 rings (SSSR count). The summed E-state index contributed by atoms with van der Waals surface area (Å²) in [6.45, 7) is -0.107. The molecule has 0 spiro atoms. The summed E-state index contributed by atoms with van der Waals surface area (Å²) in [5.41, 5.74) is 1.82. The van der Waals surface area contributed by atoms with Crippen molar-refractivity contribution >= 4 is 39.5 Å². The third-order valence-corrected chi connectivity index (χ3v) is 11.0. The number of rotatable bonds is 12. The van der Waals surface area contributed by atoms with E-state index in [1.807, 2.05) is 60.7 Å². The number of aryl methyl sites for hydroxylation is 1. The molecule has 3 aromatic rings. The average Bonchev–Trinajstić information content (AvgIpc) is 3.45. The van der Waals surface area contributed by atoms with Crippen LogP contribution in [0.1, 0.15) is 17.5 Å². The molecule has 1 saturated heterocycles. The molecule has 0 aromatic heterocycles. The molecule has 1 fully saturated rings. The molecule has 3 unspecified atom stereocenters. The molecule has 3 amide bonds. The van der Waals surface area contributed by atoms with Gasteiger partial charge in [0, 0.05) is 12.3 Å². The number of hydrogen-bond donors (Lipinski definition) is 5. The van der Waals surface area contributed by atoms with Gasteiger partial charge >= 0.3 is 12.0 Å². The largest absolute Gasteiger partial charge is 0.480 e. The topological polar surface area (TPSA) is 154 Å². The van der Waals surface area contributed by atoms with Crippen LogP contribution in [0.5, 0.6) is 0 Å². The van der Waals surface area contributed by atoms with E-state index in [0.29, 0.717) is 6.42 Å². The molecule has 5 N–H and O–H groups in total. The molecule has 216 valence electrons. The van der Waals surface area contributed by atoms with Gasteiger partial charge in [0.05, 0.1) is 17.5 Å². The number of thioether (sulfide) groups is 1. The minimum Gasteiger partial charge on any atom is -0.480 e. The van der Waals surface area contributed by atoms with Gasteiger partial charge in [-0.25, -0.2) is 18.0 Å². The SMILES string of the molecule is O=C(NCc1ccccc1)NCC(NC(=O)C1CSC(CCc2ccccc2)(S(=O)(=O)c2ccccc2)N1)C(=O)O. The van der Waals surface area contributed by atoms with Gasteiger partial charge in [-0.15, -0.1) is 11.8 Å². The van der Waals surface area contributed by atoms with Gasteiger partial charge in [-0.1, -0.05) is 78.9 Å². The Bertz CT molecular complexity index is 1440. The lowest BCUT2D eigenvalue weighted by Crippen LogP contribution is -2.57. The Hall–Kier alpha value is -3.87. The smallest absolute Gasteiger partial charge is 0.328 e. The second-order valence-corrected chi connectivity index (χ2v) is 13.3. The van der Waals surface area contributed by atoms with Crippen LogP contribution < -0.4 is 21.3 Å². The van der Waals surface area contributed by atoms with Gasteiger partial charge in [-0.05, 0) is 36.1 Å². The third kappa shape index (κ3) is 7.66. The van der Waals surface area contributed by atoms with Crippen molar-refractivity contribution in [3.63, 3.8) is 0 Å². The maximum absolute atomic E-state index is 13.9. The highest BCUT2D eigenvalue weighted by Crippen LogP contribution is 2.42. The highest BCUT2D eigenvalue weighted by Gasteiger charge is 2.52. The van der Waals surface area contributed by atoms with E-state index in [2.05, 4.69) is 21.3 Å². The van der Waals surface area contributed by atoms with E-state index >= 15 is 0 Å². The van der Waals surface area contributed by atoms with E-state index in [9.17, 15) is 27.9 Å². The lowest BCUT2D eigenvalue weighted by atomic mass is 10.1. The van der Waals surface area contributed by atoms with E-state index < -0.39 is 44.0 Å². The Labute approximate surface area is 243 Å². The summed E-state index contributed by atoms with van der Waals surface area (Å²) in [6, 6.07) is 23.7. The Balaban J connectivity index is 1.41. The number of hydrogen-bond acceptors (Lipinski definition) is 7. The van der Waals surface area contributed by atoms with E-state index in [1.54, 1.807) is 18.2 Å². The van der Waals surface area contributed by atoms with E-state index in [-0.39, 0.29) is 30.2 Å². The van der Waals surface area contributed by atoms with Gasteiger partial charge in [0.25, 0.3) is 0 Å². The fourth-order valence-electron chi connectivity index (χ4n) is 4.39. The van der Waals surface area contributed by atoms with Crippen LogP contribution in [0.4, 0.5) is 4.79 Å². The van der Waals surface area contributed by atoms with Crippen LogP contribution in [-0.2, 0) is 32.4 Å². The predicted octanol–water partition coefficient (Wildman–Crippen LogP) is 2.52. The summed E-state index contributed by atoms with van der Waals surface area (Å²) in [5, 5.41) is 20.2. The molecule has 1 aliphatic heterocycles.